The maximum absolute atomic E-state index is 13.1. The molecule has 1 saturated heterocycles. The molecule has 3 heterocycles. The van der Waals surface area contributed by atoms with Gasteiger partial charge < -0.3 is 19.7 Å². The Morgan fingerprint density at radius 2 is 1.88 bits per heavy atom. The van der Waals surface area contributed by atoms with Crippen LogP contribution in [0.1, 0.15) is 30.1 Å². The van der Waals surface area contributed by atoms with E-state index >= 15 is 0 Å². The molecule has 1 fully saturated rings. The van der Waals surface area contributed by atoms with Crippen molar-refractivity contribution in [2.24, 2.45) is 7.05 Å². The third kappa shape index (κ3) is 3.16. The van der Waals surface area contributed by atoms with Crippen molar-refractivity contribution in [3.05, 3.63) is 59.8 Å². The average molecular weight is 456 g/mol. The molecule has 0 radical (unpaired) electrons. The van der Waals surface area contributed by atoms with E-state index in [4.69, 9.17) is 4.74 Å². The van der Waals surface area contributed by atoms with Gasteiger partial charge in [-0.15, -0.1) is 0 Å². The fraction of sp³-hybridized carbons (Fsp3) is 0.417. The maximum atomic E-state index is 13.1. The lowest BCUT2D eigenvalue weighted by Crippen LogP contribution is -2.53. The van der Waals surface area contributed by atoms with E-state index in [-0.39, 0.29) is 18.1 Å². The lowest BCUT2D eigenvalue weighted by atomic mass is 9.69. The van der Waals surface area contributed by atoms with E-state index < -0.39 is 10.0 Å². The fourth-order valence-electron chi connectivity index (χ4n) is 5.51. The van der Waals surface area contributed by atoms with E-state index in [0.717, 1.165) is 41.7 Å². The van der Waals surface area contributed by atoms with Crippen LogP contribution in [0.3, 0.4) is 0 Å². The Kier molecular flexibility index (Phi) is 5.28. The molecule has 7 nitrogen and oxygen atoms in total. The molecule has 0 bridgehead atoms. The van der Waals surface area contributed by atoms with Crippen molar-refractivity contribution in [2.75, 3.05) is 33.4 Å². The highest BCUT2D eigenvalue weighted by Crippen LogP contribution is 2.47. The topological polar surface area (TPSA) is 83.8 Å². The van der Waals surface area contributed by atoms with Crippen molar-refractivity contribution in [3.8, 4) is 5.75 Å². The molecule has 1 atom stereocenters. The summed E-state index contributed by atoms with van der Waals surface area (Å²) < 4.78 is 35.5. The summed E-state index contributed by atoms with van der Waals surface area (Å²) in [5, 5.41) is 14.7. The summed E-state index contributed by atoms with van der Waals surface area (Å²) >= 11 is 0. The van der Waals surface area contributed by atoms with Crippen LogP contribution in [0, 0.1) is 0 Å². The molecule has 2 aliphatic rings. The van der Waals surface area contributed by atoms with Crippen molar-refractivity contribution in [1.82, 2.24) is 14.2 Å². The number of methoxy groups -OCH3 is 1. The summed E-state index contributed by atoms with van der Waals surface area (Å²) in [5.74, 6) is 0.793. The SMILES string of the molecule is COc1ccc2c3c(n(C)c2c1)[C@H](CO)NCC31CCN(S(=O)(=O)c2ccccc2)CC1. The Morgan fingerprint density at radius 1 is 1.16 bits per heavy atom. The second-order valence-electron chi connectivity index (χ2n) is 8.82. The first-order valence-corrected chi connectivity index (χ1v) is 12.4. The average Bonchev–Trinajstić information content (AvgIpc) is 3.13. The molecule has 0 saturated carbocycles. The molecule has 0 unspecified atom stereocenters. The molecule has 1 spiro atoms. The van der Waals surface area contributed by atoms with Crippen LogP contribution in [0.15, 0.2) is 53.4 Å². The number of aryl methyl sites for hydroxylation is 1. The van der Waals surface area contributed by atoms with Gasteiger partial charge in [-0.25, -0.2) is 8.42 Å². The van der Waals surface area contributed by atoms with Crippen LogP contribution >= 0.6 is 0 Å². The minimum atomic E-state index is -3.51. The molecule has 2 N–H and O–H groups in total. The van der Waals surface area contributed by atoms with Gasteiger partial charge in [-0.1, -0.05) is 18.2 Å². The highest BCUT2D eigenvalue weighted by molar-refractivity contribution is 7.89. The summed E-state index contributed by atoms with van der Waals surface area (Å²) in [5.41, 5.74) is 3.21. The first kappa shape index (κ1) is 21.5. The summed E-state index contributed by atoms with van der Waals surface area (Å²) in [7, 11) is 0.181. The van der Waals surface area contributed by atoms with Crippen LogP contribution in [-0.4, -0.2) is 55.7 Å². The Balaban J connectivity index is 1.55. The highest BCUT2D eigenvalue weighted by Gasteiger charge is 2.46. The van der Waals surface area contributed by atoms with Crippen LogP contribution in [0.5, 0.6) is 5.75 Å². The number of ether oxygens (including phenoxy) is 1. The van der Waals surface area contributed by atoms with Gasteiger partial charge >= 0.3 is 0 Å². The molecule has 3 aromatic rings. The van der Waals surface area contributed by atoms with Gasteiger partial charge in [0, 0.05) is 49.2 Å². The zero-order valence-corrected chi connectivity index (χ0v) is 19.2. The Bertz CT molecular complexity index is 1250. The van der Waals surface area contributed by atoms with E-state index in [2.05, 4.69) is 16.0 Å². The number of aromatic nitrogens is 1. The van der Waals surface area contributed by atoms with Gasteiger partial charge in [0.25, 0.3) is 0 Å². The normalized spacial score (nSPS) is 21.0. The van der Waals surface area contributed by atoms with Crippen LogP contribution in [0.2, 0.25) is 0 Å². The van der Waals surface area contributed by atoms with Crippen molar-refractivity contribution < 1.29 is 18.3 Å². The first-order valence-electron chi connectivity index (χ1n) is 11.0. The van der Waals surface area contributed by atoms with Crippen LogP contribution in [0.25, 0.3) is 10.9 Å². The predicted octanol–water partition coefficient (Wildman–Crippen LogP) is 2.55. The summed E-state index contributed by atoms with van der Waals surface area (Å²) in [6.07, 6.45) is 1.45. The molecule has 2 aromatic carbocycles. The molecular formula is C24H29N3O4S. The largest absolute Gasteiger partial charge is 0.497 e. The van der Waals surface area contributed by atoms with E-state index in [0.29, 0.717) is 18.0 Å². The molecule has 170 valence electrons. The number of rotatable bonds is 4. The van der Waals surface area contributed by atoms with Crippen molar-refractivity contribution in [3.63, 3.8) is 0 Å². The van der Waals surface area contributed by atoms with Gasteiger partial charge in [-0.2, -0.15) is 4.31 Å². The monoisotopic (exact) mass is 455 g/mol. The first-order chi connectivity index (χ1) is 15.4. The number of nitrogens with one attached hydrogen (secondary N) is 1. The molecule has 0 aliphatic carbocycles. The lowest BCUT2D eigenvalue weighted by Gasteiger charge is -2.46. The minimum Gasteiger partial charge on any atom is -0.497 e. The quantitative estimate of drug-likeness (QED) is 0.632. The van der Waals surface area contributed by atoms with E-state index in [9.17, 15) is 13.5 Å². The second-order valence-corrected chi connectivity index (χ2v) is 10.8. The van der Waals surface area contributed by atoms with Crippen LogP contribution in [0.4, 0.5) is 0 Å². The molecule has 32 heavy (non-hydrogen) atoms. The van der Waals surface area contributed by atoms with Crippen LogP contribution < -0.4 is 10.1 Å². The predicted molar refractivity (Wildman–Crippen MR) is 123 cm³/mol. The number of aliphatic hydroxyl groups is 1. The number of benzene rings is 2. The van der Waals surface area contributed by atoms with Crippen molar-refractivity contribution in [2.45, 2.75) is 29.2 Å². The Labute approximate surface area is 188 Å². The molecule has 5 rings (SSSR count). The smallest absolute Gasteiger partial charge is 0.243 e. The molecule has 0 amide bonds. The van der Waals surface area contributed by atoms with E-state index in [1.165, 1.54) is 5.56 Å². The van der Waals surface area contributed by atoms with Gasteiger partial charge in [-0.05, 0) is 42.7 Å². The Hall–Kier alpha value is -2.39. The van der Waals surface area contributed by atoms with Gasteiger partial charge in [-0.3, -0.25) is 0 Å². The van der Waals surface area contributed by atoms with Gasteiger partial charge in [0.05, 0.1) is 30.2 Å². The molecule has 1 aromatic heterocycles. The molecular weight excluding hydrogens is 426 g/mol. The molecule has 2 aliphatic heterocycles. The maximum Gasteiger partial charge on any atom is 0.243 e. The summed E-state index contributed by atoms with van der Waals surface area (Å²) in [6.45, 7) is 1.66. The number of hydrogen-bond donors (Lipinski definition) is 2. The molecule has 8 heteroatoms. The van der Waals surface area contributed by atoms with Crippen molar-refractivity contribution >= 4 is 20.9 Å². The third-order valence-electron chi connectivity index (χ3n) is 7.24. The number of hydrogen-bond acceptors (Lipinski definition) is 5. The summed E-state index contributed by atoms with van der Waals surface area (Å²) in [4.78, 5) is 0.344. The highest BCUT2D eigenvalue weighted by atomic mass is 32.2. The van der Waals surface area contributed by atoms with E-state index in [1.807, 2.05) is 25.2 Å². The number of piperidine rings is 1. The van der Waals surface area contributed by atoms with E-state index in [1.54, 1.807) is 35.7 Å². The fourth-order valence-corrected chi connectivity index (χ4v) is 6.97. The van der Waals surface area contributed by atoms with Gasteiger partial charge in [0.15, 0.2) is 0 Å². The van der Waals surface area contributed by atoms with Gasteiger partial charge in [0.2, 0.25) is 10.0 Å². The lowest BCUT2D eigenvalue weighted by molar-refractivity contribution is 0.176. The number of nitrogens with zero attached hydrogens (tertiary/aromatic N) is 2. The number of sulfonamides is 1. The zero-order chi connectivity index (χ0) is 22.5. The second kappa shape index (κ2) is 7.88. The van der Waals surface area contributed by atoms with Crippen LogP contribution in [-0.2, 0) is 22.5 Å². The minimum absolute atomic E-state index is 0.0128. The number of fused-ring (bicyclic) bond motifs is 4. The Morgan fingerprint density at radius 3 is 2.53 bits per heavy atom. The number of aliphatic hydroxyl groups excluding tert-OH is 1. The van der Waals surface area contributed by atoms with Gasteiger partial charge in [0.1, 0.15) is 5.75 Å². The third-order valence-corrected chi connectivity index (χ3v) is 9.16. The summed E-state index contributed by atoms with van der Waals surface area (Å²) in [6, 6.07) is 14.6. The van der Waals surface area contributed by atoms with Crippen molar-refractivity contribution in [1.29, 1.82) is 0 Å². The standard InChI is InChI=1S/C24H29N3O4S/c1-26-21-14-17(31-2)8-9-19(21)22-23(26)20(15-28)25-16-24(22)10-12-27(13-11-24)32(29,30)18-6-4-3-5-7-18/h3-9,14,20,25,28H,10-13,15-16H2,1-2H3/t20-/m0/s1. The zero-order valence-electron chi connectivity index (χ0n) is 18.4.